The summed E-state index contributed by atoms with van der Waals surface area (Å²) in [5, 5.41) is 2.99. The van der Waals surface area contributed by atoms with E-state index in [4.69, 9.17) is 11.5 Å². The van der Waals surface area contributed by atoms with Gasteiger partial charge in [0.05, 0.1) is 5.92 Å². The summed E-state index contributed by atoms with van der Waals surface area (Å²) in [7, 11) is 0. The summed E-state index contributed by atoms with van der Waals surface area (Å²) in [4.78, 5) is 25.9. The largest absolute Gasteiger partial charge is 0.399 e. The van der Waals surface area contributed by atoms with Gasteiger partial charge in [0.25, 0.3) is 0 Å². The van der Waals surface area contributed by atoms with Gasteiger partial charge in [-0.05, 0) is 48.6 Å². The van der Waals surface area contributed by atoms with Crippen LogP contribution in [0.4, 0.5) is 5.69 Å². The average Bonchev–Trinajstić information content (AvgIpc) is 2.72. The van der Waals surface area contributed by atoms with E-state index in [9.17, 15) is 9.59 Å². The highest BCUT2D eigenvalue weighted by molar-refractivity contribution is 5.77. The number of rotatable bonds is 8. The molecular weight excluding hydrogens is 364 g/mol. The second kappa shape index (κ2) is 10.1. The number of nitrogens with one attached hydrogen (secondary N) is 1. The quantitative estimate of drug-likeness (QED) is 0.598. The van der Waals surface area contributed by atoms with Crippen LogP contribution in [0, 0.1) is 5.92 Å². The third-order valence-corrected chi connectivity index (χ3v) is 5.47. The molecule has 1 fully saturated rings. The first kappa shape index (κ1) is 20.9. The second-order valence-corrected chi connectivity index (χ2v) is 7.77. The van der Waals surface area contributed by atoms with Gasteiger partial charge in [0.15, 0.2) is 0 Å². The molecule has 1 aliphatic rings. The number of amides is 2. The van der Waals surface area contributed by atoms with E-state index in [2.05, 4.69) is 22.3 Å². The predicted molar refractivity (Wildman–Crippen MR) is 115 cm³/mol. The van der Waals surface area contributed by atoms with Gasteiger partial charge in [0, 0.05) is 31.7 Å². The monoisotopic (exact) mass is 394 g/mol. The lowest BCUT2D eigenvalue weighted by Gasteiger charge is -2.31. The van der Waals surface area contributed by atoms with E-state index in [1.165, 1.54) is 5.56 Å². The van der Waals surface area contributed by atoms with Crippen molar-refractivity contribution in [3.05, 3.63) is 65.2 Å². The first-order valence-electron chi connectivity index (χ1n) is 10.2. The van der Waals surface area contributed by atoms with Crippen LogP contribution in [-0.4, -0.2) is 29.8 Å². The highest BCUT2D eigenvalue weighted by atomic mass is 16.2. The molecular formula is C23H30N4O2. The van der Waals surface area contributed by atoms with E-state index >= 15 is 0 Å². The lowest BCUT2D eigenvalue weighted by Crippen LogP contribution is -2.40. The lowest BCUT2D eigenvalue weighted by molar-refractivity contribution is -0.123. The fourth-order valence-corrected chi connectivity index (χ4v) is 3.83. The lowest BCUT2D eigenvalue weighted by atomic mass is 9.97. The Morgan fingerprint density at radius 1 is 1.10 bits per heavy atom. The van der Waals surface area contributed by atoms with Crippen molar-refractivity contribution in [2.75, 3.05) is 18.8 Å². The van der Waals surface area contributed by atoms with Crippen molar-refractivity contribution in [2.45, 2.75) is 38.8 Å². The molecule has 6 heteroatoms. The molecule has 2 aromatic carbocycles. The summed E-state index contributed by atoms with van der Waals surface area (Å²) in [5.41, 5.74) is 15.4. The molecule has 2 amide bonds. The molecule has 0 saturated carbocycles. The minimum atomic E-state index is -0.205. The van der Waals surface area contributed by atoms with Crippen molar-refractivity contribution in [2.24, 2.45) is 11.7 Å². The summed E-state index contributed by atoms with van der Waals surface area (Å²) in [6, 6.07) is 15.9. The Morgan fingerprint density at radius 3 is 2.69 bits per heavy atom. The van der Waals surface area contributed by atoms with Gasteiger partial charge < -0.3 is 16.8 Å². The van der Waals surface area contributed by atoms with Crippen LogP contribution in [0.15, 0.2) is 48.5 Å². The Bertz CT molecular complexity index is 852. The number of hydrogen-bond donors (Lipinski definition) is 3. The molecule has 0 bridgehead atoms. The number of anilines is 1. The minimum Gasteiger partial charge on any atom is -0.399 e. The normalized spacial score (nSPS) is 17.0. The van der Waals surface area contributed by atoms with Gasteiger partial charge in [-0.15, -0.1) is 0 Å². The zero-order chi connectivity index (χ0) is 20.6. The van der Waals surface area contributed by atoms with Crippen LogP contribution < -0.4 is 16.8 Å². The van der Waals surface area contributed by atoms with E-state index in [1.807, 2.05) is 36.4 Å². The third-order valence-electron chi connectivity index (χ3n) is 5.47. The highest BCUT2D eigenvalue weighted by Gasteiger charge is 2.23. The Morgan fingerprint density at radius 2 is 1.90 bits per heavy atom. The molecule has 1 heterocycles. The maximum atomic E-state index is 12.2. The first-order chi connectivity index (χ1) is 14.0. The molecule has 0 spiro atoms. The molecule has 0 radical (unpaired) electrons. The van der Waals surface area contributed by atoms with Gasteiger partial charge in [-0.25, -0.2) is 0 Å². The molecule has 3 rings (SSSR count). The number of hydrogen-bond acceptors (Lipinski definition) is 4. The topological polar surface area (TPSA) is 101 Å². The van der Waals surface area contributed by atoms with Gasteiger partial charge in [-0.3, -0.25) is 14.5 Å². The van der Waals surface area contributed by atoms with Crippen LogP contribution >= 0.6 is 0 Å². The standard InChI is InChI=1S/C23H30N4O2/c24-21-9-2-1-7-19(21)10-11-22(28)26-14-17-5-3-6-18(13-17)15-27-12-4-8-20(16-27)23(25)29/h1-3,5-7,9,13,20H,4,8,10-12,14-16,24H2,(H2,25,29)(H,26,28). The number of carbonyl (C=O) groups excluding carboxylic acids is 2. The van der Waals surface area contributed by atoms with Crippen molar-refractivity contribution in [3.63, 3.8) is 0 Å². The maximum absolute atomic E-state index is 12.2. The molecule has 0 aromatic heterocycles. The number of benzene rings is 2. The minimum absolute atomic E-state index is 0.0130. The number of nitrogens with zero attached hydrogens (tertiary/aromatic N) is 1. The van der Waals surface area contributed by atoms with Crippen LogP contribution in [0.3, 0.4) is 0 Å². The van der Waals surface area contributed by atoms with Gasteiger partial charge in [-0.1, -0.05) is 42.5 Å². The molecule has 1 aliphatic heterocycles. The van der Waals surface area contributed by atoms with Crippen LogP contribution in [0.25, 0.3) is 0 Å². The number of piperidine rings is 1. The maximum Gasteiger partial charge on any atom is 0.221 e. The van der Waals surface area contributed by atoms with Crippen molar-refractivity contribution < 1.29 is 9.59 Å². The fraction of sp³-hybridized carbons (Fsp3) is 0.391. The molecule has 2 aromatic rings. The number of nitrogens with two attached hydrogens (primary N) is 2. The van der Waals surface area contributed by atoms with Crippen LogP contribution in [-0.2, 0) is 29.1 Å². The molecule has 29 heavy (non-hydrogen) atoms. The van der Waals surface area contributed by atoms with Crippen molar-refractivity contribution in [1.29, 1.82) is 0 Å². The number of carbonyl (C=O) groups is 2. The SMILES string of the molecule is NC(=O)C1CCCN(Cc2cccc(CNC(=O)CCc3ccccc3N)c2)C1. The molecule has 1 unspecified atom stereocenters. The van der Waals surface area contributed by atoms with E-state index in [0.29, 0.717) is 19.4 Å². The Balaban J connectivity index is 1.47. The summed E-state index contributed by atoms with van der Waals surface area (Å²) in [5.74, 6) is -0.243. The smallest absolute Gasteiger partial charge is 0.221 e. The summed E-state index contributed by atoms with van der Waals surface area (Å²) >= 11 is 0. The third kappa shape index (κ3) is 6.32. The van der Waals surface area contributed by atoms with Gasteiger partial charge in [0.2, 0.25) is 11.8 Å². The summed E-state index contributed by atoms with van der Waals surface area (Å²) in [6.07, 6.45) is 2.92. The van der Waals surface area contributed by atoms with Crippen molar-refractivity contribution in [1.82, 2.24) is 10.2 Å². The Hall–Kier alpha value is -2.86. The molecule has 0 aliphatic carbocycles. The predicted octanol–water partition coefficient (Wildman–Crippen LogP) is 2.22. The van der Waals surface area contributed by atoms with Gasteiger partial charge >= 0.3 is 0 Å². The molecule has 1 atom stereocenters. The average molecular weight is 395 g/mol. The summed E-state index contributed by atoms with van der Waals surface area (Å²) in [6.45, 7) is 2.99. The van der Waals surface area contributed by atoms with Gasteiger partial charge in [0.1, 0.15) is 0 Å². The number of aryl methyl sites for hydroxylation is 1. The first-order valence-corrected chi connectivity index (χ1v) is 10.2. The zero-order valence-electron chi connectivity index (χ0n) is 16.8. The van der Waals surface area contributed by atoms with Crippen LogP contribution in [0.2, 0.25) is 0 Å². The fourth-order valence-electron chi connectivity index (χ4n) is 3.83. The van der Waals surface area contributed by atoms with Crippen LogP contribution in [0.1, 0.15) is 36.0 Å². The molecule has 5 N–H and O–H groups in total. The van der Waals surface area contributed by atoms with Crippen molar-refractivity contribution >= 4 is 17.5 Å². The van der Waals surface area contributed by atoms with E-state index in [-0.39, 0.29) is 17.7 Å². The van der Waals surface area contributed by atoms with E-state index < -0.39 is 0 Å². The molecule has 1 saturated heterocycles. The number of primary amides is 1. The van der Waals surface area contributed by atoms with E-state index in [1.54, 1.807) is 0 Å². The van der Waals surface area contributed by atoms with Crippen molar-refractivity contribution in [3.8, 4) is 0 Å². The Kier molecular flexibility index (Phi) is 7.25. The summed E-state index contributed by atoms with van der Waals surface area (Å²) < 4.78 is 0. The zero-order valence-corrected chi connectivity index (χ0v) is 16.8. The van der Waals surface area contributed by atoms with Gasteiger partial charge in [-0.2, -0.15) is 0 Å². The number of nitrogen functional groups attached to an aromatic ring is 1. The Labute approximate surface area is 172 Å². The molecule has 154 valence electrons. The highest BCUT2D eigenvalue weighted by Crippen LogP contribution is 2.19. The van der Waals surface area contributed by atoms with Crippen LogP contribution in [0.5, 0.6) is 0 Å². The van der Waals surface area contributed by atoms with E-state index in [0.717, 1.165) is 49.3 Å². The number of para-hydroxylation sites is 1. The number of likely N-dealkylation sites (tertiary alicyclic amines) is 1. The second-order valence-electron chi connectivity index (χ2n) is 7.77. The molecule has 6 nitrogen and oxygen atoms in total.